The molecule has 3 rings (SSSR count). The Morgan fingerprint density at radius 2 is 1.75 bits per heavy atom. The lowest BCUT2D eigenvalue weighted by molar-refractivity contribution is 0.0752. The number of fused-ring (bicyclic) bond motifs is 1. The van der Waals surface area contributed by atoms with Crippen molar-refractivity contribution in [3.05, 3.63) is 66.4 Å². The van der Waals surface area contributed by atoms with Gasteiger partial charge in [-0.25, -0.2) is 0 Å². The van der Waals surface area contributed by atoms with Gasteiger partial charge in [-0.15, -0.1) is 0 Å². The number of benzene rings is 2. The van der Waals surface area contributed by atoms with Gasteiger partial charge in [-0.3, -0.25) is 4.57 Å². The number of halogens is 2. The maximum atomic E-state index is 12.8. The fourth-order valence-corrected chi connectivity index (χ4v) is 2.19. The van der Waals surface area contributed by atoms with Gasteiger partial charge >= 0.3 is 6.55 Å². The zero-order valence-electron chi connectivity index (χ0n) is 10.7. The van der Waals surface area contributed by atoms with E-state index in [9.17, 15) is 8.78 Å². The van der Waals surface area contributed by atoms with Crippen molar-refractivity contribution in [3.8, 4) is 5.75 Å². The molecular formula is C16H13F2NO. The minimum atomic E-state index is -2.54. The summed E-state index contributed by atoms with van der Waals surface area (Å²) in [4.78, 5) is 0. The zero-order chi connectivity index (χ0) is 13.9. The molecule has 4 heteroatoms. The molecule has 0 N–H and O–H groups in total. The van der Waals surface area contributed by atoms with Gasteiger partial charge in [0.05, 0.1) is 5.52 Å². The zero-order valence-corrected chi connectivity index (χ0v) is 10.7. The van der Waals surface area contributed by atoms with Crippen LogP contribution >= 0.6 is 0 Å². The van der Waals surface area contributed by atoms with E-state index in [1.54, 1.807) is 24.3 Å². The van der Waals surface area contributed by atoms with Gasteiger partial charge in [-0.2, -0.15) is 8.78 Å². The Labute approximate surface area is 115 Å². The normalized spacial score (nSPS) is 11.2. The van der Waals surface area contributed by atoms with Gasteiger partial charge in [0.15, 0.2) is 0 Å². The third kappa shape index (κ3) is 2.37. The summed E-state index contributed by atoms with van der Waals surface area (Å²) in [7, 11) is 0. The molecule has 0 spiro atoms. The number of hydrogen-bond acceptors (Lipinski definition) is 1. The van der Waals surface area contributed by atoms with Gasteiger partial charge in [-0.05, 0) is 23.8 Å². The highest BCUT2D eigenvalue weighted by molar-refractivity contribution is 5.86. The molecule has 0 aliphatic carbocycles. The van der Waals surface area contributed by atoms with Crippen molar-refractivity contribution in [2.75, 3.05) is 0 Å². The molecule has 2 aromatic carbocycles. The molecule has 0 atom stereocenters. The number of ether oxygens (including phenoxy) is 1. The smallest absolute Gasteiger partial charge is 0.319 e. The average molecular weight is 273 g/mol. The van der Waals surface area contributed by atoms with Crippen molar-refractivity contribution in [2.45, 2.75) is 13.2 Å². The fraction of sp³-hybridized carbons (Fsp3) is 0.125. The Hall–Kier alpha value is -2.36. The Kier molecular flexibility index (Phi) is 3.37. The van der Waals surface area contributed by atoms with E-state index in [4.69, 9.17) is 4.74 Å². The van der Waals surface area contributed by atoms with E-state index in [-0.39, 0.29) is 0 Å². The summed E-state index contributed by atoms with van der Waals surface area (Å²) in [6.07, 6.45) is 1.38. The van der Waals surface area contributed by atoms with Gasteiger partial charge in [0.1, 0.15) is 12.4 Å². The second-order valence-electron chi connectivity index (χ2n) is 4.46. The molecule has 102 valence electrons. The van der Waals surface area contributed by atoms with Crippen LogP contribution in [-0.4, -0.2) is 4.57 Å². The molecule has 0 amide bonds. The minimum absolute atomic E-state index is 0.416. The SMILES string of the molecule is FC(F)n1ccc2c(OCc3ccccc3)cccc21. The van der Waals surface area contributed by atoms with Gasteiger partial charge in [0.25, 0.3) is 0 Å². The first-order valence-electron chi connectivity index (χ1n) is 6.30. The van der Waals surface area contributed by atoms with Gasteiger partial charge < -0.3 is 4.74 Å². The molecular weight excluding hydrogens is 260 g/mol. The summed E-state index contributed by atoms with van der Waals surface area (Å²) < 4.78 is 32.3. The van der Waals surface area contributed by atoms with Crippen molar-refractivity contribution >= 4 is 10.9 Å². The van der Waals surface area contributed by atoms with E-state index >= 15 is 0 Å². The van der Waals surface area contributed by atoms with Crippen LogP contribution in [0.5, 0.6) is 5.75 Å². The summed E-state index contributed by atoms with van der Waals surface area (Å²) >= 11 is 0. The predicted octanol–water partition coefficient (Wildman–Crippen LogP) is 4.62. The summed E-state index contributed by atoms with van der Waals surface area (Å²) in [6.45, 7) is -2.13. The van der Waals surface area contributed by atoms with Crippen LogP contribution in [0.1, 0.15) is 12.1 Å². The number of hydrogen-bond donors (Lipinski definition) is 0. The van der Waals surface area contributed by atoms with E-state index < -0.39 is 6.55 Å². The topological polar surface area (TPSA) is 14.2 Å². The summed E-state index contributed by atoms with van der Waals surface area (Å²) in [5.41, 5.74) is 1.52. The van der Waals surface area contributed by atoms with Crippen LogP contribution in [0.3, 0.4) is 0 Å². The molecule has 0 unspecified atom stereocenters. The molecule has 0 aliphatic heterocycles. The van der Waals surface area contributed by atoms with E-state index in [0.29, 0.717) is 23.3 Å². The van der Waals surface area contributed by atoms with E-state index in [0.717, 1.165) is 10.1 Å². The Morgan fingerprint density at radius 1 is 0.950 bits per heavy atom. The van der Waals surface area contributed by atoms with Crippen LogP contribution in [0.4, 0.5) is 8.78 Å². The quantitative estimate of drug-likeness (QED) is 0.676. The van der Waals surface area contributed by atoms with Crippen LogP contribution in [0, 0.1) is 0 Å². The van der Waals surface area contributed by atoms with Crippen LogP contribution in [0.2, 0.25) is 0 Å². The molecule has 1 heterocycles. The van der Waals surface area contributed by atoms with Crippen LogP contribution in [0.15, 0.2) is 60.8 Å². The Morgan fingerprint density at radius 3 is 2.50 bits per heavy atom. The fourth-order valence-electron chi connectivity index (χ4n) is 2.19. The summed E-state index contributed by atoms with van der Waals surface area (Å²) in [6, 6.07) is 16.6. The second kappa shape index (κ2) is 5.33. The first-order valence-corrected chi connectivity index (χ1v) is 6.30. The minimum Gasteiger partial charge on any atom is -0.488 e. The van der Waals surface area contributed by atoms with Crippen molar-refractivity contribution in [1.82, 2.24) is 4.57 Å². The lowest BCUT2D eigenvalue weighted by Crippen LogP contribution is -1.97. The maximum Gasteiger partial charge on any atom is 0.319 e. The second-order valence-corrected chi connectivity index (χ2v) is 4.46. The maximum absolute atomic E-state index is 12.8. The molecule has 0 saturated carbocycles. The molecule has 3 aromatic rings. The lowest BCUT2D eigenvalue weighted by atomic mass is 10.2. The number of aromatic nitrogens is 1. The first-order chi connectivity index (χ1) is 9.75. The van der Waals surface area contributed by atoms with Crippen molar-refractivity contribution < 1.29 is 13.5 Å². The highest BCUT2D eigenvalue weighted by atomic mass is 19.3. The van der Waals surface area contributed by atoms with Crippen LogP contribution in [0.25, 0.3) is 10.9 Å². The number of rotatable bonds is 4. The predicted molar refractivity (Wildman–Crippen MR) is 74.0 cm³/mol. The molecule has 0 bridgehead atoms. The van der Waals surface area contributed by atoms with Crippen LogP contribution < -0.4 is 4.74 Å². The summed E-state index contributed by atoms with van der Waals surface area (Å²) in [5.74, 6) is 0.616. The van der Waals surface area contributed by atoms with E-state index in [2.05, 4.69) is 0 Å². The highest BCUT2D eigenvalue weighted by Gasteiger charge is 2.12. The van der Waals surface area contributed by atoms with Crippen molar-refractivity contribution in [2.24, 2.45) is 0 Å². The molecule has 0 radical (unpaired) electrons. The van der Waals surface area contributed by atoms with E-state index in [1.807, 2.05) is 30.3 Å². The third-order valence-electron chi connectivity index (χ3n) is 3.17. The number of nitrogens with zero attached hydrogens (tertiary/aromatic N) is 1. The molecule has 0 saturated heterocycles. The largest absolute Gasteiger partial charge is 0.488 e. The average Bonchev–Trinajstić information content (AvgIpc) is 2.91. The standard InChI is InChI=1S/C16H13F2NO/c17-16(18)19-10-9-13-14(19)7-4-8-15(13)20-11-12-5-2-1-3-6-12/h1-10,16H,11H2. The van der Waals surface area contributed by atoms with Gasteiger partial charge in [0.2, 0.25) is 0 Å². The number of alkyl halides is 2. The monoisotopic (exact) mass is 273 g/mol. The lowest BCUT2D eigenvalue weighted by Gasteiger charge is -2.08. The van der Waals surface area contributed by atoms with Gasteiger partial charge in [-0.1, -0.05) is 36.4 Å². The molecule has 2 nitrogen and oxygen atoms in total. The highest BCUT2D eigenvalue weighted by Crippen LogP contribution is 2.29. The molecule has 1 aromatic heterocycles. The van der Waals surface area contributed by atoms with Gasteiger partial charge in [0, 0.05) is 11.6 Å². The third-order valence-corrected chi connectivity index (χ3v) is 3.17. The molecule has 0 fully saturated rings. The van der Waals surface area contributed by atoms with Crippen molar-refractivity contribution in [1.29, 1.82) is 0 Å². The molecule has 0 aliphatic rings. The van der Waals surface area contributed by atoms with E-state index in [1.165, 1.54) is 6.20 Å². The Bertz CT molecular complexity index is 707. The first kappa shape index (κ1) is 12.7. The van der Waals surface area contributed by atoms with Crippen LogP contribution in [-0.2, 0) is 6.61 Å². The van der Waals surface area contributed by atoms with Crippen molar-refractivity contribution in [3.63, 3.8) is 0 Å². The summed E-state index contributed by atoms with van der Waals surface area (Å²) in [5, 5.41) is 0.698. The molecule has 20 heavy (non-hydrogen) atoms. The Balaban J connectivity index is 1.89.